The van der Waals surface area contributed by atoms with Crippen molar-refractivity contribution in [1.29, 1.82) is 0 Å². The van der Waals surface area contributed by atoms with Crippen LogP contribution in [0.2, 0.25) is 0 Å². The number of hydrogen-bond acceptors (Lipinski definition) is 4. The van der Waals surface area contributed by atoms with Crippen molar-refractivity contribution in [3.05, 3.63) is 40.6 Å². The van der Waals surface area contributed by atoms with Gasteiger partial charge in [-0.25, -0.2) is 8.42 Å². The Kier molecular flexibility index (Phi) is 3.96. The third kappa shape index (κ3) is 3.16. The number of rotatable bonds is 4. The highest BCUT2D eigenvalue weighted by Crippen LogP contribution is 2.26. The summed E-state index contributed by atoms with van der Waals surface area (Å²) < 4.78 is 26.8. The van der Waals surface area contributed by atoms with Gasteiger partial charge in [0, 0.05) is 28.5 Å². The Labute approximate surface area is 120 Å². The number of aryl methyl sites for hydroxylation is 1. The largest absolute Gasteiger partial charge is 0.399 e. The van der Waals surface area contributed by atoms with Crippen molar-refractivity contribution in [2.24, 2.45) is 0 Å². The summed E-state index contributed by atoms with van der Waals surface area (Å²) in [6, 6.07) is 4.68. The molecule has 0 saturated heterocycles. The van der Waals surface area contributed by atoms with Gasteiger partial charge in [0.15, 0.2) is 9.84 Å². The standard InChI is InChI=1S/C12H14BrN3O2S/c1-2-16-7-9(6-15-16)8-19(17,18)12-4-3-10(14)5-11(12)13/h3-7H,2,8,14H2,1H3. The first-order valence-corrected chi connectivity index (χ1v) is 8.16. The molecule has 0 bridgehead atoms. The Morgan fingerprint density at radius 2 is 2.16 bits per heavy atom. The summed E-state index contributed by atoms with van der Waals surface area (Å²) >= 11 is 3.24. The van der Waals surface area contributed by atoms with Crippen molar-refractivity contribution < 1.29 is 8.42 Å². The van der Waals surface area contributed by atoms with Gasteiger partial charge in [-0.2, -0.15) is 5.10 Å². The van der Waals surface area contributed by atoms with Crippen LogP contribution < -0.4 is 5.73 Å². The first-order chi connectivity index (χ1) is 8.92. The van der Waals surface area contributed by atoms with E-state index in [-0.39, 0.29) is 10.6 Å². The van der Waals surface area contributed by atoms with Crippen LogP contribution in [0.1, 0.15) is 12.5 Å². The number of sulfone groups is 1. The van der Waals surface area contributed by atoms with E-state index >= 15 is 0 Å². The van der Waals surface area contributed by atoms with Crippen LogP contribution in [-0.4, -0.2) is 18.2 Å². The summed E-state index contributed by atoms with van der Waals surface area (Å²) in [6.07, 6.45) is 3.31. The van der Waals surface area contributed by atoms with Crippen LogP contribution in [0.15, 0.2) is 40.0 Å². The van der Waals surface area contributed by atoms with Gasteiger partial charge in [0.25, 0.3) is 0 Å². The second-order valence-electron chi connectivity index (χ2n) is 4.15. The van der Waals surface area contributed by atoms with Crippen LogP contribution in [-0.2, 0) is 22.1 Å². The van der Waals surface area contributed by atoms with Crippen LogP contribution >= 0.6 is 15.9 Å². The molecule has 102 valence electrons. The molecule has 2 rings (SSSR count). The fourth-order valence-corrected chi connectivity index (χ4v) is 4.23. The normalized spacial score (nSPS) is 11.7. The number of hydrogen-bond donors (Lipinski definition) is 1. The highest BCUT2D eigenvalue weighted by Gasteiger charge is 2.19. The minimum atomic E-state index is -3.41. The van der Waals surface area contributed by atoms with Gasteiger partial charge in [0.2, 0.25) is 0 Å². The Balaban J connectivity index is 2.32. The van der Waals surface area contributed by atoms with E-state index in [1.807, 2.05) is 6.92 Å². The lowest BCUT2D eigenvalue weighted by molar-refractivity contribution is 0.594. The van der Waals surface area contributed by atoms with Gasteiger partial charge >= 0.3 is 0 Å². The zero-order chi connectivity index (χ0) is 14.0. The van der Waals surface area contributed by atoms with E-state index in [4.69, 9.17) is 5.73 Å². The molecule has 0 aliphatic carbocycles. The Bertz CT molecular complexity index is 695. The fourth-order valence-electron chi connectivity index (χ4n) is 1.72. The van der Waals surface area contributed by atoms with Gasteiger partial charge in [-0.15, -0.1) is 0 Å². The quantitative estimate of drug-likeness (QED) is 0.863. The average Bonchev–Trinajstić information content (AvgIpc) is 2.75. The molecule has 0 aliphatic rings. The van der Waals surface area contributed by atoms with E-state index in [1.165, 1.54) is 6.07 Å². The number of aromatic nitrogens is 2. The molecule has 0 spiro atoms. The molecule has 19 heavy (non-hydrogen) atoms. The molecule has 0 atom stereocenters. The van der Waals surface area contributed by atoms with E-state index in [2.05, 4.69) is 21.0 Å². The van der Waals surface area contributed by atoms with Gasteiger partial charge in [-0.1, -0.05) is 0 Å². The maximum Gasteiger partial charge on any atom is 0.183 e. The van der Waals surface area contributed by atoms with Gasteiger partial charge in [0.05, 0.1) is 16.8 Å². The molecule has 1 heterocycles. The minimum Gasteiger partial charge on any atom is -0.399 e. The first-order valence-electron chi connectivity index (χ1n) is 5.71. The van der Waals surface area contributed by atoms with Crippen LogP contribution in [0.5, 0.6) is 0 Å². The molecule has 1 aromatic carbocycles. The molecule has 1 aromatic heterocycles. The number of nitrogens with zero attached hydrogens (tertiary/aromatic N) is 2. The summed E-state index contributed by atoms with van der Waals surface area (Å²) in [6.45, 7) is 2.66. The van der Waals surface area contributed by atoms with E-state index in [9.17, 15) is 8.42 Å². The fraction of sp³-hybridized carbons (Fsp3) is 0.250. The molecule has 0 radical (unpaired) electrons. The van der Waals surface area contributed by atoms with Crippen molar-refractivity contribution in [1.82, 2.24) is 9.78 Å². The molecule has 0 fully saturated rings. The maximum atomic E-state index is 12.3. The Hall–Kier alpha value is -1.34. The number of nitrogen functional groups attached to an aromatic ring is 1. The predicted octanol–water partition coefficient (Wildman–Crippen LogP) is 2.22. The van der Waals surface area contributed by atoms with Crippen molar-refractivity contribution in [2.75, 3.05) is 5.73 Å². The number of nitrogens with two attached hydrogens (primary N) is 1. The van der Waals surface area contributed by atoms with Crippen molar-refractivity contribution in [3.8, 4) is 0 Å². The zero-order valence-electron chi connectivity index (χ0n) is 10.4. The molecule has 5 nitrogen and oxygen atoms in total. The average molecular weight is 344 g/mol. The monoisotopic (exact) mass is 343 g/mol. The maximum absolute atomic E-state index is 12.3. The van der Waals surface area contributed by atoms with Crippen LogP contribution in [0.3, 0.4) is 0 Å². The SMILES string of the molecule is CCn1cc(CS(=O)(=O)c2ccc(N)cc2Br)cn1. The molecule has 2 N–H and O–H groups in total. The van der Waals surface area contributed by atoms with E-state index in [0.29, 0.717) is 22.3 Å². The van der Waals surface area contributed by atoms with Gasteiger partial charge in [-0.3, -0.25) is 4.68 Å². The van der Waals surface area contributed by atoms with Crippen LogP contribution in [0, 0.1) is 0 Å². The Morgan fingerprint density at radius 1 is 1.42 bits per heavy atom. The number of anilines is 1. The zero-order valence-corrected chi connectivity index (χ0v) is 12.8. The summed E-state index contributed by atoms with van der Waals surface area (Å²) in [5.74, 6) is -0.0739. The van der Waals surface area contributed by atoms with Gasteiger partial charge in [-0.05, 0) is 41.1 Å². The molecule has 0 amide bonds. The van der Waals surface area contributed by atoms with Crippen molar-refractivity contribution >= 4 is 31.5 Å². The molecule has 2 aromatic rings. The topological polar surface area (TPSA) is 78.0 Å². The highest BCUT2D eigenvalue weighted by molar-refractivity contribution is 9.10. The summed E-state index contributed by atoms with van der Waals surface area (Å²) in [7, 11) is -3.41. The smallest absolute Gasteiger partial charge is 0.183 e. The summed E-state index contributed by atoms with van der Waals surface area (Å²) in [4.78, 5) is 0.242. The van der Waals surface area contributed by atoms with E-state index in [0.717, 1.165) is 0 Å². The molecule has 7 heteroatoms. The highest BCUT2D eigenvalue weighted by atomic mass is 79.9. The predicted molar refractivity (Wildman–Crippen MR) is 77.3 cm³/mol. The summed E-state index contributed by atoms with van der Waals surface area (Å²) in [5, 5.41) is 4.07. The van der Waals surface area contributed by atoms with Crippen molar-refractivity contribution in [2.45, 2.75) is 24.1 Å². The van der Waals surface area contributed by atoms with Crippen molar-refractivity contribution in [3.63, 3.8) is 0 Å². The third-order valence-corrected chi connectivity index (χ3v) is 5.32. The molecular formula is C12H14BrN3O2S. The minimum absolute atomic E-state index is 0.0739. The molecule has 0 saturated carbocycles. The number of halogens is 1. The molecular weight excluding hydrogens is 330 g/mol. The number of benzene rings is 1. The van der Waals surface area contributed by atoms with Crippen LogP contribution in [0.4, 0.5) is 5.69 Å². The molecule has 0 aliphatic heterocycles. The summed E-state index contributed by atoms with van der Waals surface area (Å²) in [5.41, 5.74) is 6.80. The lowest BCUT2D eigenvalue weighted by Crippen LogP contribution is -2.05. The lowest BCUT2D eigenvalue weighted by Gasteiger charge is -2.06. The van der Waals surface area contributed by atoms with E-state index < -0.39 is 9.84 Å². The van der Waals surface area contributed by atoms with Crippen LogP contribution in [0.25, 0.3) is 0 Å². The van der Waals surface area contributed by atoms with Gasteiger partial charge < -0.3 is 5.73 Å². The first kappa shape index (κ1) is 14.1. The second-order valence-corrected chi connectivity index (χ2v) is 6.97. The second kappa shape index (κ2) is 5.34. The lowest BCUT2D eigenvalue weighted by atomic mass is 10.3. The van der Waals surface area contributed by atoms with Gasteiger partial charge in [0.1, 0.15) is 0 Å². The third-order valence-electron chi connectivity index (χ3n) is 2.66. The van der Waals surface area contributed by atoms with E-state index in [1.54, 1.807) is 29.2 Å². The molecule has 0 unspecified atom stereocenters. The Morgan fingerprint density at radius 3 is 2.74 bits per heavy atom.